The van der Waals surface area contributed by atoms with Crippen molar-refractivity contribution in [2.24, 2.45) is 11.8 Å². The van der Waals surface area contributed by atoms with Gasteiger partial charge in [0, 0.05) is 26.2 Å². The van der Waals surface area contributed by atoms with E-state index < -0.39 is 0 Å². The van der Waals surface area contributed by atoms with E-state index in [0.717, 1.165) is 81.9 Å². The zero-order valence-electron chi connectivity index (χ0n) is 19.6. The zero-order valence-corrected chi connectivity index (χ0v) is 19.6. The monoisotopic (exact) mass is 445 g/mol. The Morgan fingerprint density at radius 1 is 1.06 bits per heavy atom. The largest absolute Gasteiger partial charge is 0.356 e. The van der Waals surface area contributed by atoms with Gasteiger partial charge in [0.2, 0.25) is 11.9 Å². The fraction of sp³-hybridized carbons (Fsp3) is 0.481. The number of amides is 1. The van der Waals surface area contributed by atoms with Crippen molar-refractivity contribution in [1.29, 1.82) is 0 Å². The fourth-order valence-electron chi connectivity index (χ4n) is 5.16. The number of aromatic nitrogens is 2. The molecular formula is C27H35N5O. The number of anilines is 1. The smallest absolute Gasteiger partial charge is 0.224 e. The highest BCUT2D eigenvalue weighted by Crippen LogP contribution is 2.24. The SMILES string of the molecule is Cc1ccc(CN2CCC(CNC(=O)[C@@H]3CCCN(c4nc5ccccc5[nH]4)C3)CC2)cc1. The number of benzene rings is 2. The van der Waals surface area contributed by atoms with Gasteiger partial charge in [0.1, 0.15) is 0 Å². The Hall–Kier alpha value is -2.86. The Kier molecular flexibility index (Phi) is 6.63. The van der Waals surface area contributed by atoms with Gasteiger partial charge >= 0.3 is 0 Å². The first-order valence-electron chi connectivity index (χ1n) is 12.4. The van der Waals surface area contributed by atoms with E-state index in [1.807, 2.05) is 24.3 Å². The lowest BCUT2D eigenvalue weighted by molar-refractivity contribution is -0.125. The molecule has 6 heteroatoms. The molecule has 174 valence electrons. The molecule has 0 unspecified atom stereocenters. The number of para-hydroxylation sites is 2. The van der Waals surface area contributed by atoms with Crippen LogP contribution in [0.5, 0.6) is 0 Å². The molecule has 0 aliphatic carbocycles. The maximum absolute atomic E-state index is 12.9. The van der Waals surface area contributed by atoms with Crippen molar-refractivity contribution in [3.05, 3.63) is 59.7 Å². The van der Waals surface area contributed by atoms with Crippen LogP contribution in [0.25, 0.3) is 11.0 Å². The molecule has 6 nitrogen and oxygen atoms in total. The zero-order chi connectivity index (χ0) is 22.6. The lowest BCUT2D eigenvalue weighted by Gasteiger charge is -2.34. The van der Waals surface area contributed by atoms with Gasteiger partial charge in [0.05, 0.1) is 17.0 Å². The molecular weight excluding hydrogens is 410 g/mol. The molecule has 3 heterocycles. The van der Waals surface area contributed by atoms with Gasteiger partial charge in [-0.1, -0.05) is 42.0 Å². The number of rotatable bonds is 6. The van der Waals surface area contributed by atoms with Gasteiger partial charge in [-0.2, -0.15) is 0 Å². The summed E-state index contributed by atoms with van der Waals surface area (Å²) in [6.07, 6.45) is 4.29. The molecule has 1 amide bonds. The van der Waals surface area contributed by atoms with Crippen LogP contribution in [0.3, 0.4) is 0 Å². The molecule has 0 radical (unpaired) electrons. The van der Waals surface area contributed by atoms with Gasteiger partial charge in [0.15, 0.2) is 0 Å². The minimum atomic E-state index is 0.0357. The lowest BCUT2D eigenvalue weighted by atomic mass is 9.94. The molecule has 33 heavy (non-hydrogen) atoms. The Morgan fingerprint density at radius 3 is 2.64 bits per heavy atom. The van der Waals surface area contributed by atoms with Crippen LogP contribution < -0.4 is 10.2 Å². The maximum Gasteiger partial charge on any atom is 0.224 e. The van der Waals surface area contributed by atoms with Crippen LogP contribution >= 0.6 is 0 Å². The van der Waals surface area contributed by atoms with Gasteiger partial charge in [-0.25, -0.2) is 4.98 Å². The molecule has 0 spiro atoms. The normalized spacial score (nSPS) is 20.3. The van der Waals surface area contributed by atoms with Crippen molar-refractivity contribution in [2.75, 3.05) is 37.6 Å². The molecule has 1 aromatic heterocycles. The molecule has 0 bridgehead atoms. The predicted octanol–water partition coefficient (Wildman–Crippen LogP) is 4.12. The summed E-state index contributed by atoms with van der Waals surface area (Å²) in [6.45, 7) is 7.86. The summed E-state index contributed by atoms with van der Waals surface area (Å²) < 4.78 is 0. The summed E-state index contributed by atoms with van der Waals surface area (Å²) >= 11 is 0. The second-order valence-electron chi connectivity index (χ2n) is 9.81. The van der Waals surface area contributed by atoms with E-state index in [0.29, 0.717) is 5.92 Å². The van der Waals surface area contributed by atoms with E-state index in [9.17, 15) is 4.79 Å². The molecule has 2 saturated heterocycles. The van der Waals surface area contributed by atoms with Crippen LogP contribution in [0.2, 0.25) is 0 Å². The minimum Gasteiger partial charge on any atom is -0.356 e. The number of aromatic amines is 1. The summed E-state index contributed by atoms with van der Waals surface area (Å²) in [5.41, 5.74) is 4.73. The molecule has 2 fully saturated rings. The third kappa shape index (κ3) is 5.38. The number of carbonyl (C=O) groups is 1. The van der Waals surface area contributed by atoms with E-state index in [2.05, 4.69) is 51.3 Å². The maximum atomic E-state index is 12.9. The van der Waals surface area contributed by atoms with Crippen molar-refractivity contribution in [2.45, 2.75) is 39.2 Å². The summed E-state index contributed by atoms with van der Waals surface area (Å²) in [5.74, 6) is 1.71. The highest BCUT2D eigenvalue weighted by atomic mass is 16.1. The number of aryl methyl sites for hydroxylation is 1. The molecule has 2 aromatic carbocycles. The number of nitrogens with one attached hydrogen (secondary N) is 2. The first-order valence-corrected chi connectivity index (χ1v) is 12.4. The summed E-state index contributed by atoms with van der Waals surface area (Å²) in [5, 5.41) is 3.28. The van der Waals surface area contributed by atoms with Crippen molar-refractivity contribution in [3.63, 3.8) is 0 Å². The number of H-pyrrole nitrogens is 1. The molecule has 3 aromatic rings. The number of carbonyl (C=O) groups excluding carboxylic acids is 1. The van der Waals surface area contributed by atoms with Gasteiger partial charge in [0.25, 0.3) is 0 Å². The second kappa shape index (κ2) is 9.96. The van der Waals surface area contributed by atoms with E-state index in [-0.39, 0.29) is 11.8 Å². The van der Waals surface area contributed by atoms with Crippen molar-refractivity contribution in [1.82, 2.24) is 20.2 Å². The van der Waals surface area contributed by atoms with Crippen molar-refractivity contribution < 1.29 is 4.79 Å². The second-order valence-corrected chi connectivity index (χ2v) is 9.81. The number of fused-ring (bicyclic) bond motifs is 1. The summed E-state index contributed by atoms with van der Waals surface area (Å²) in [6, 6.07) is 17.0. The average molecular weight is 446 g/mol. The highest BCUT2D eigenvalue weighted by molar-refractivity contribution is 5.80. The van der Waals surface area contributed by atoms with Gasteiger partial charge in [-0.3, -0.25) is 9.69 Å². The third-order valence-corrected chi connectivity index (χ3v) is 7.27. The van der Waals surface area contributed by atoms with Gasteiger partial charge in [-0.05, 0) is 69.3 Å². The Morgan fingerprint density at radius 2 is 1.85 bits per heavy atom. The first kappa shape index (κ1) is 22.0. The third-order valence-electron chi connectivity index (χ3n) is 7.27. The van der Waals surface area contributed by atoms with Crippen LogP contribution in [0.15, 0.2) is 48.5 Å². The van der Waals surface area contributed by atoms with Crippen LogP contribution in [0.4, 0.5) is 5.95 Å². The number of imidazole rings is 1. The van der Waals surface area contributed by atoms with Crippen LogP contribution in [-0.2, 0) is 11.3 Å². The topological polar surface area (TPSA) is 64.3 Å². The summed E-state index contributed by atoms with van der Waals surface area (Å²) in [4.78, 5) is 25.9. The Labute approximate surface area is 196 Å². The number of hydrogen-bond donors (Lipinski definition) is 2. The number of hydrogen-bond acceptors (Lipinski definition) is 4. The van der Waals surface area contributed by atoms with Crippen molar-refractivity contribution in [3.8, 4) is 0 Å². The standard InChI is InChI=1S/C27H35N5O/c1-20-8-10-22(11-9-20)18-31-15-12-21(13-16-31)17-28-26(33)23-5-4-14-32(19-23)27-29-24-6-2-3-7-25(24)30-27/h2-3,6-11,21,23H,4-5,12-19H2,1H3,(H,28,33)(H,29,30)/t23-/m1/s1. The molecule has 1 atom stereocenters. The molecule has 2 aliphatic rings. The molecule has 0 saturated carbocycles. The predicted molar refractivity (Wildman–Crippen MR) is 133 cm³/mol. The van der Waals surface area contributed by atoms with E-state index in [1.54, 1.807) is 0 Å². The lowest BCUT2D eigenvalue weighted by Crippen LogP contribution is -2.45. The summed E-state index contributed by atoms with van der Waals surface area (Å²) in [7, 11) is 0. The number of nitrogens with zero attached hydrogens (tertiary/aromatic N) is 3. The number of piperidine rings is 2. The van der Waals surface area contributed by atoms with E-state index in [4.69, 9.17) is 4.98 Å². The quantitative estimate of drug-likeness (QED) is 0.599. The van der Waals surface area contributed by atoms with Gasteiger partial charge in [-0.15, -0.1) is 0 Å². The molecule has 2 N–H and O–H groups in total. The first-order chi connectivity index (χ1) is 16.1. The number of likely N-dealkylation sites (tertiary alicyclic amines) is 1. The van der Waals surface area contributed by atoms with Gasteiger partial charge < -0.3 is 15.2 Å². The van der Waals surface area contributed by atoms with E-state index >= 15 is 0 Å². The molecule has 2 aliphatic heterocycles. The Balaban J connectivity index is 1.07. The fourth-order valence-corrected chi connectivity index (χ4v) is 5.16. The highest BCUT2D eigenvalue weighted by Gasteiger charge is 2.28. The average Bonchev–Trinajstić information content (AvgIpc) is 3.29. The molecule has 5 rings (SSSR count). The van der Waals surface area contributed by atoms with Crippen LogP contribution in [0, 0.1) is 18.8 Å². The van der Waals surface area contributed by atoms with Crippen LogP contribution in [-0.4, -0.2) is 53.5 Å². The van der Waals surface area contributed by atoms with E-state index in [1.165, 1.54) is 11.1 Å². The Bertz CT molecular complexity index is 1030. The van der Waals surface area contributed by atoms with Crippen LogP contribution in [0.1, 0.15) is 36.8 Å². The van der Waals surface area contributed by atoms with Crippen molar-refractivity contribution >= 4 is 22.9 Å². The minimum absolute atomic E-state index is 0.0357.